The minimum Gasteiger partial charge on any atom is -0.335 e. The summed E-state index contributed by atoms with van der Waals surface area (Å²) >= 11 is 0. The molecule has 0 aliphatic heterocycles. The average Bonchev–Trinajstić information content (AvgIpc) is 3.30. The van der Waals surface area contributed by atoms with Crippen LogP contribution >= 0.6 is 0 Å². The van der Waals surface area contributed by atoms with E-state index < -0.39 is 19.7 Å². The van der Waals surface area contributed by atoms with Crippen LogP contribution in [0, 0.1) is 0 Å². The second-order valence-corrected chi connectivity index (χ2v) is 13.0. The van der Waals surface area contributed by atoms with Crippen LogP contribution in [0.15, 0.2) is 70.7 Å². The van der Waals surface area contributed by atoms with Gasteiger partial charge in [0.1, 0.15) is 10.1 Å². The molecule has 0 aliphatic carbocycles. The molecule has 8 heteroatoms. The highest BCUT2D eigenvalue weighted by Gasteiger charge is 2.19. The lowest BCUT2D eigenvalue weighted by atomic mass is 9.94. The predicted octanol–water partition coefficient (Wildman–Crippen LogP) is 4.94. The zero-order valence-corrected chi connectivity index (χ0v) is 20.8. The SMILES string of the molecule is Cn1c(S(C)(=O)=O)cc2c3ccc4c(ccc5c4ccc4c5cc(S(C)(=O)=O)n4C)c3ccc21. The second-order valence-electron chi connectivity index (χ2n) is 9.04. The van der Waals surface area contributed by atoms with Gasteiger partial charge in [-0.25, -0.2) is 16.8 Å². The number of aromatic nitrogens is 2. The van der Waals surface area contributed by atoms with Gasteiger partial charge in [0.25, 0.3) is 0 Å². The zero-order valence-electron chi connectivity index (χ0n) is 19.1. The maximum atomic E-state index is 12.3. The van der Waals surface area contributed by atoms with Crippen molar-refractivity contribution >= 4 is 73.8 Å². The number of fused-ring (bicyclic) bond motifs is 9. The number of sulfone groups is 2. The van der Waals surface area contributed by atoms with E-state index in [1.54, 1.807) is 35.4 Å². The Morgan fingerprint density at radius 1 is 0.471 bits per heavy atom. The largest absolute Gasteiger partial charge is 0.335 e. The van der Waals surface area contributed by atoms with Gasteiger partial charge in [0.05, 0.1) is 0 Å². The highest BCUT2D eigenvalue weighted by Crippen LogP contribution is 2.38. The quantitative estimate of drug-likeness (QED) is 0.322. The van der Waals surface area contributed by atoms with Crippen molar-refractivity contribution < 1.29 is 16.8 Å². The summed E-state index contributed by atoms with van der Waals surface area (Å²) in [5.74, 6) is 0. The van der Waals surface area contributed by atoms with Crippen LogP contribution in [-0.2, 0) is 33.8 Å². The van der Waals surface area contributed by atoms with Crippen molar-refractivity contribution in [2.45, 2.75) is 10.1 Å². The Hall–Kier alpha value is -3.36. The Bertz CT molecular complexity index is 1930. The molecule has 0 saturated heterocycles. The van der Waals surface area contributed by atoms with Gasteiger partial charge < -0.3 is 9.13 Å². The third kappa shape index (κ3) is 2.78. The van der Waals surface area contributed by atoms with E-state index in [1.165, 1.54) is 12.5 Å². The highest BCUT2D eigenvalue weighted by atomic mass is 32.2. The Morgan fingerprint density at radius 2 is 0.735 bits per heavy atom. The molecule has 6 aromatic rings. The lowest BCUT2D eigenvalue weighted by molar-refractivity contribution is 0.591. The molecule has 0 fully saturated rings. The summed E-state index contributed by atoms with van der Waals surface area (Å²) < 4.78 is 52.5. The zero-order chi connectivity index (χ0) is 24.2. The summed E-state index contributed by atoms with van der Waals surface area (Å²) in [6.07, 6.45) is 2.45. The molecule has 34 heavy (non-hydrogen) atoms. The van der Waals surface area contributed by atoms with Crippen molar-refractivity contribution in [3.8, 4) is 0 Å². The van der Waals surface area contributed by atoms with E-state index in [2.05, 4.69) is 12.1 Å². The van der Waals surface area contributed by atoms with Crippen LogP contribution in [0.1, 0.15) is 0 Å². The first kappa shape index (κ1) is 21.2. The number of nitrogens with zero attached hydrogens (tertiary/aromatic N) is 2. The summed E-state index contributed by atoms with van der Waals surface area (Å²) in [4.78, 5) is 0. The monoisotopic (exact) mass is 490 g/mol. The third-order valence-electron chi connectivity index (χ3n) is 6.91. The molecule has 0 amide bonds. The summed E-state index contributed by atoms with van der Waals surface area (Å²) in [7, 11) is -3.15. The first-order valence-corrected chi connectivity index (χ1v) is 14.5. The number of rotatable bonds is 2. The fourth-order valence-corrected chi connectivity index (χ4v) is 7.19. The molecule has 6 nitrogen and oxygen atoms in total. The molecule has 4 aromatic carbocycles. The normalized spacial score (nSPS) is 13.2. The minimum absolute atomic E-state index is 0.293. The van der Waals surface area contributed by atoms with Crippen LogP contribution in [0.4, 0.5) is 0 Å². The Kier molecular flexibility index (Phi) is 4.12. The molecular weight excluding hydrogens is 468 g/mol. The Balaban J connectivity index is 1.71. The number of aryl methyl sites for hydroxylation is 2. The van der Waals surface area contributed by atoms with Crippen molar-refractivity contribution in [1.29, 1.82) is 0 Å². The topological polar surface area (TPSA) is 78.1 Å². The average molecular weight is 491 g/mol. The fourth-order valence-electron chi connectivity index (χ4n) is 5.34. The predicted molar refractivity (Wildman–Crippen MR) is 138 cm³/mol. The van der Waals surface area contributed by atoms with Gasteiger partial charge in [0.2, 0.25) is 0 Å². The fraction of sp³-hybridized carbons (Fsp3) is 0.154. The Morgan fingerprint density at radius 3 is 1.03 bits per heavy atom. The molecule has 2 heterocycles. The first-order chi connectivity index (χ1) is 16.0. The third-order valence-corrected chi connectivity index (χ3v) is 9.21. The highest BCUT2D eigenvalue weighted by molar-refractivity contribution is 7.90. The number of benzene rings is 4. The van der Waals surface area contributed by atoms with Crippen LogP contribution in [0.3, 0.4) is 0 Å². The van der Waals surface area contributed by atoms with Gasteiger partial charge in [-0.2, -0.15) is 0 Å². The van der Waals surface area contributed by atoms with E-state index in [-0.39, 0.29) is 0 Å². The van der Waals surface area contributed by atoms with Crippen molar-refractivity contribution in [3.63, 3.8) is 0 Å². The smallest absolute Gasteiger partial charge is 0.190 e. The molecule has 0 unspecified atom stereocenters. The molecule has 172 valence electrons. The maximum Gasteiger partial charge on any atom is 0.190 e. The molecular formula is C26H22N2O4S2. The van der Waals surface area contributed by atoms with Crippen molar-refractivity contribution in [3.05, 3.63) is 60.7 Å². The lowest BCUT2D eigenvalue weighted by Crippen LogP contribution is -2.03. The van der Waals surface area contributed by atoms with E-state index >= 15 is 0 Å². The second kappa shape index (κ2) is 6.61. The van der Waals surface area contributed by atoms with Gasteiger partial charge in [-0.05, 0) is 56.6 Å². The molecule has 0 radical (unpaired) electrons. The Labute approximate surface area is 196 Å². The van der Waals surface area contributed by atoms with Gasteiger partial charge in [-0.1, -0.05) is 36.4 Å². The van der Waals surface area contributed by atoms with Crippen LogP contribution < -0.4 is 0 Å². The van der Waals surface area contributed by atoms with Crippen LogP contribution in [0.5, 0.6) is 0 Å². The maximum absolute atomic E-state index is 12.3. The van der Waals surface area contributed by atoms with Crippen molar-refractivity contribution in [2.24, 2.45) is 14.1 Å². The summed E-state index contributed by atoms with van der Waals surface area (Å²) in [6, 6.07) is 19.7. The van der Waals surface area contributed by atoms with E-state index in [4.69, 9.17) is 0 Å². The number of hydrogen-bond acceptors (Lipinski definition) is 4. The first-order valence-electron chi connectivity index (χ1n) is 10.7. The van der Waals surface area contributed by atoms with Crippen molar-refractivity contribution in [1.82, 2.24) is 9.13 Å². The lowest BCUT2D eigenvalue weighted by Gasteiger charge is -2.10. The van der Waals surface area contributed by atoms with E-state index in [9.17, 15) is 16.8 Å². The summed E-state index contributed by atoms with van der Waals surface area (Å²) in [5, 5.41) is 8.60. The van der Waals surface area contributed by atoms with Crippen LogP contribution in [0.2, 0.25) is 0 Å². The van der Waals surface area contributed by atoms with Gasteiger partial charge in [-0.3, -0.25) is 0 Å². The van der Waals surface area contributed by atoms with E-state index in [1.807, 2.05) is 36.4 Å². The molecule has 0 bridgehead atoms. The standard InChI is InChI=1S/C26H22N2O4S2/c1-27-23-11-9-17-15-6-8-20-18(10-12-24-22(20)14-26(28(24)2)34(4,31)32)16(15)5-7-19(17)21(23)13-25(27)33(3,29)30/h5-14H,1-4H3. The van der Waals surface area contributed by atoms with Crippen LogP contribution in [0.25, 0.3) is 54.1 Å². The molecule has 0 N–H and O–H groups in total. The van der Waals surface area contributed by atoms with Gasteiger partial charge in [-0.15, -0.1) is 0 Å². The van der Waals surface area contributed by atoms with E-state index in [0.717, 1.165) is 54.1 Å². The van der Waals surface area contributed by atoms with Crippen molar-refractivity contribution in [2.75, 3.05) is 12.5 Å². The summed E-state index contributed by atoms with van der Waals surface area (Å²) in [6.45, 7) is 0. The number of hydrogen-bond donors (Lipinski definition) is 0. The molecule has 0 saturated carbocycles. The molecule has 2 aromatic heterocycles. The van der Waals surface area contributed by atoms with Crippen LogP contribution in [-0.4, -0.2) is 38.5 Å². The van der Waals surface area contributed by atoms with Gasteiger partial charge in [0, 0.05) is 48.4 Å². The minimum atomic E-state index is -3.35. The molecule has 6 rings (SSSR count). The summed E-state index contributed by atoms with van der Waals surface area (Å²) in [5.41, 5.74) is 1.74. The molecule has 0 aliphatic rings. The van der Waals surface area contributed by atoms with Gasteiger partial charge in [0.15, 0.2) is 19.7 Å². The molecule has 0 spiro atoms. The van der Waals surface area contributed by atoms with E-state index in [0.29, 0.717) is 10.1 Å². The molecule has 0 atom stereocenters. The van der Waals surface area contributed by atoms with Gasteiger partial charge >= 0.3 is 0 Å².